The van der Waals surface area contributed by atoms with Crippen LogP contribution >= 0.6 is 0 Å². The van der Waals surface area contributed by atoms with E-state index in [9.17, 15) is 13.2 Å². The van der Waals surface area contributed by atoms with Gasteiger partial charge in [-0.15, -0.1) is 0 Å². The van der Waals surface area contributed by atoms with Crippen LogP contribution in [-0.2, 0) is 12.7 Å². The van der Waals surface area contributed by atoms with Crippen LogP contribution < -0.4 is 0 Å². The quantitative estimate of drug-likeness (QED) is 0.745. The predicted octanol–water partition coefficient (Wildman–Crippen LogP) is 3.00. The summed E-state index contributed by atoms with van der Waals surface area (Å²) in [5, 5.41) is 3.76. The van der Waals surface area contributed by atoms with Crippen LogP contribution in [-0.4, -0.2) is 19.7 Å². The van der Waals surface area contributed by atoms with Gasteiger partial charge in [0, 0.05) is 18.0 Å². The van der Waals surface area contributed by atoms with E-state index in [0.29, 0.717) is 18.0 Å². The molecule has 1 aromatic carbocycles. The number of hydrogen-bond acceptors (Lipinski definition) is 4. The van der Waals surface area contributed by atoms with Crippen molar-refractivity contribution in [3.63, 3.8) is 0 Å². The van der Waals surface area contributed by atoms with E-state index in [1.807, 2.05) is 0 Å². The zero-order valence-corrected chi connectivity index (χ0v) is 10.6. The van der Waals surface area contributed by atoms with Crippen molar-refractivity contribution >= 4 is 0 Å². The van der Waals surface area contributed by atoms with Crippen molar-refractivity contribution in [1.29, 1.82) is 0 Å². The average molecular weight is 294 g/mol. The molecule has 3 rings (SSSR count). The van der Waals surface area contributed by atoms with Crippen molar-refractivity contribution < 1.29 is 17.7 Å². The van der Waals surface area contributed by atoms with Gasteiger partial charge in [0.2, 0.25) is 11.7 Å². The maximum Gasteiger partial charge on any atom is 0.416 e. The minimum absolute atomic E-state index is 0.249. The van der Waals surface area contributed by atoms with Gasteiger partial charge in [0.15, 0.2) is 0 Å². The molecule has 0 saturated heterocycles. The van der Waals surface area contributed by atoms with Crippen molar-refractivity contribution in [1.82, 2.24) is 19.7 Å². The van der Waals surface area contributed by atoms with Gasteiger partial charge in [0.05, 0.1) is 11.9 Å². The lowest BCUT2D eigenvalue weighted by Gasteiger charge is -2.05. The smallest absolute Gasteiger partial charge is 0.337 e. The van der Waals surface area contributed by atoms with E-state index in [2.05, 4.69) is 15.1 Å². The number of aromatic nitrogens is 4. The van der Waals surface area contributed by atoms with Gasteiger partial charge in [-0.05, 0) is 12.1 Å². The molecule has 2 aromatic heterocycles. The molecule has 0 radical (unpaired) electrons. The fraction of sp³-hybridized carbons (Fsp3) is 0.154. The molecule has 0 saturated carbocycles. The lowest BCUT2D eigenvalue weighted by molar-refractivity contribution is -0.137. The fourth-order valence-electron chi connectivity index (χ4n) is 1.78. The van der Waals surface area contributed by atoms with Crippen LogP contribution in [0.15, 0.2) is 47.5 Å². The molecule has 5 nitrogen and oxygen atoms in total. The molecule has 0 amide bonds. The van der Waals surface area contributed by atoms with E-state index >= 15 is 0 Å². The van der Waals surface area contributed by atoms with Crippen molar-refractivity contribution in [2.75, 3.05) is 0 Å². The lowest BCUT2D eigenvalue weighted by atomic mass is 10.1. The first kappa shape index (κ1) is 13.3. The SMILES string of the molecule is FC(F)(F)c1ccc(-c2noc(Cn3ccnc3)n2)cc1. The summed E-state index contributed by atoms with van der Waals surface area (Å²) in [6, 6.07) is 4.60. The first-order valence-corrected chi connectivity index (χ1v) is 5.98. The first-order chi connectivity index (χ1) is 10.0. The number of imidazole rings is 1. The Kier molecular flexibility index (Phi) is 3.20. The molecule has 21 heavy (non-hydrogen) atoms. The number of benzene rings is 1. The molecule has 2 heterocycles. The number of nitrogens with zero attached hydrogens (tertiary/aromatic N) is 4. The van der Waals surface area contributed by atoms with Gasteiger partial charge in [-0.1, -0.05) is 17.3 Å². The Balaban J connectivity index is 1.80. The van der Waals surface area contributed by atoms with E-state index in [1.165, 1.54) is 12.1 Å². The molecule has 108 valence electrons. The fourth-order valence-corrected chi connectivity index (χ4v) is 1.78. The van der Waals surface area contributed by atoms with Crippen LogP contribution in [0.4, 0.5) is 13.2 Å². The minimum Gasteiger partial charge on any atom is -0.337 e. The Morgan fingerprint density at radius 2 is 1.90 bits per heavy atom. The van der Waals surface area contributed by atoms with Crippen LogP contribution in [0, 0.1) is 0 Å². The number of halogens is 3. The van der Waals surface area contributed by atoms with Gasteiger partial charge in [-0.2, -0.15) is 18.2 Å². The van der Waals surface area contributed by atoms with Crippen LogP contribution in [0.5, 0.6) is 0 Å². The van der Waals surface area contributed by atoms with E-state index in [0.717, 1.165) is 12.1 Å². The second-order valence-electron chi connectivity index (χ2n) is 4.32. The summed E-state index contributed by atoms with van der Waals surface area (Å²) in [6.45, 7) is 0.355. The van der Waals surface area contributed by atoms with Gasteiger partial charge < -0.3 is 9.09 Å². The molecular formula is C13H9F3N4O. The largest absolute Gasteiger partial charge is 0.416 e. The molecule has 3 aromatic rings. The average Bonchev–Trinajstić information content (AvgIpc) is 3.10. The second kappa shape index (κ2) is 5.04. The summed E-state index contributed by atoms with van der Waals surface area (Å²) in [6.07, 6.45) is 0.597. The summed E-state index contributed by atoms with van der Waals surface area (Å²) < 4.78 is 44.2. The van der Waals surface area contributed by atoms with E-state index in [4.69, 9.17) is 4.52 Å². The van der Waals surface area contributed by atoms with Crippen molar-refractivity contribution in [3.8, 4) is 11.4 Å². The minimum atomic E-state index is -4.36. The molecule has 0 aliphatic carbocycles. The summed E-state index contributed by atoms with van der Waals surface area (Å²) in [5.41, 5.74) is -0.253. The Morgan fingerprint density at radius 3 is 2.52 bits per heavy atom. The lowest BCUT2D eigenvalue weighted by Crippen LogP contribution is -2.04. The molecule has 0 atom stereocenters. The van der Waals surface area contributed by atoms with Crippen LogP contribution in [0.25, 0.3) is 11.4 Å². The van der Waals surface area contributed by atoms with Crippen molar-refractivity contribution in [3.05, 3.63) is 54.4 Å². The predicted molar refractivity (Wildman–Crippen MR) is 66.1 cm³/mol. The molecule has 0 spiro atoms. The van der Waals surface area contributed by atoms with Gasteiger partial charge in [-0.3, -0.25) is 0 Å². The normalized spacial score (nSPS) is 11.8. The molecule has 0 unspecified atom stereocenters. The van der Waals surface area contributed by atoms with Crippen LogP contribution in [0.3, 0.4) is 0 Å². The molecule has 0 N–H and O–H groups in total. The molecule has 8 heteroatoms. The van der Waals surface area contributed by atoms with E-state index < -0.39 is 11.7 Å². The van der Waals surface area contributed by atoms with Crippen molar-refractivity contribution in [2.24, 2.45) is 0 Å². The highest BCUT2D eigenvalue weighted by molar-refractivity contribution is 5.54. The maximum atomic E-state index is 12.5. The number of hydrogen-bond donors (Lipinski definition) is 0. The molecule has 0 bridgehead atoms. The highest BCUT2D eigenvalue weighted by Crippen LogP contribution is 2.30. The first-order valence-electron chi connectivity index (χ1n) is 5.98. The summed E-state index contributed by atoms with van der Waals surface area (Å²) >= 11 is 0. The Morgan fingerprint density at radius 1 is 1.14 bits per heavy atom. The molecular weight excluding hydrogens is 285 g/mol. The highest BCUT2D eigenvalue weighted by Gasteiger charge is 2.30. The monoisotopic (exact) mass is 294 g/mol. The molecule has 0 fully saturated rings. The third kappa shape index (κ3) is 2.93. The van der Waals surface area contributed by atoms with E-state index in [1.54, 1.807) is 23.3 Å². The Hall–Kier alpha value is -2.64. The van der Waals surface area contributed by atoms with Crippen LogP contribution in [0.2, 0.25) is 0 Å². The maximum absolute atomic E-state index is 12.5. The molecule has 0 aliphatic rings. The number of alkyl halides is 3. The topological polar surface area (TPSA) is 56.7 Å². The van der Waals surface area contributed by atoms with Gasteiger partial charge in [0.25, 0.3) is 0 Å². The number of rotatable bonds is 3. The van der Waals surface area contributed by atoms with E-state index in [-0.39, 0.29) is 5.82 Å². The summed E-state index contributed by atoms with van der Waals surface area (Å²) in [5.74, 6) is 0.599. The van der Waals surface area contributed by atoms with Gasteiger partial charge >= 0.3 is 6.18 Å². The third-order valence-corrected chi connectivity index (χ3v) is 2.82. The van der Waals surface area contributed by atoms with Gasteiger partial charge in [-0.25, -0.2) is 4.98 Å². The summed E-state index contributed by atoms with van der Waals surface area (Å²) in [7, 11) is 0. The summed E-state index contributed by atoms with van der Waals surface area (Å²) in [4.78, 5) is 8.02. The van der Waals surface area contributed by atoms with Crippen molar-refractivity contribution in [2.45, 2.75) is 12.7 Å². The second-order valence-corrected chi connectivity index (χ2v) is 4.32. The Bertz CT molecular complexity index is 717. The zero-order chi connectivity index (χ0) is 14.9. The standard InChI is InChI=1S/C13H9F3N4O/c14-13(15,16)10-3-1-9(2-4-10)12-18-11(21-19-12)7-20-6-5-17-8-20/h1-6,8H,7H2. The Labute approximate surface area is 117 Å². The molecule has 0 aliphatic heterocycles. The highest BCUT2D eigenvalue weighted by atomic mass is 19.4. The third-order valence-electron chi connectivity index (χ3n) is 2.82. The van der Waals surface area contributed by atoms with Gasteiger partial charge in [0.1, 0.15) is 6.54 Å². The van der Waals surface area contributed by atoms with Crippen LogP contribution in [0.1, 0.15) is 11.5 Å². The zero-order valence-electron chi connectivity index (χ0n) is 10.6.